The minimum atomic E-state index is -1.92. The molecule has 2 nitrogen and oxygen atoms in total. The van der Waals surface area contributed by atoms with Crippen molar-refractivity contribution in [1.82, 2.24) is 0 Å². The number of rotatable bonds is 2. The fourth-order valence-electron chi connectivity index (χ4n) is 2.44. The van der Waals surface area contributed by atoms with Crippen molar-refractivity contribution in [3.63, 3.8) is 0 Å². The fourth-order valence-corrected chi connectivity index (χ4v) is 3.71. The van der Waals surface area contributed by atoms with E-state index >= 15 is 0 Å². The van der Waals surface area contributed by atoms with E-state index in [4.69, 9.17) is 0 Å². The smallest absolute Gasteiger partial charge is 0.141 e. The lowest BCUT2D eigenvalue weighted by Crippen LogP contribution is -2.34. The highest BCUT2D eigenvalue weighted by Gasteiger charge is 2.33. The Bertz CT molecular complexity index is 352. The van der Waals surface area contributed by atoms with Gasteiger partial charge in [-0.15, -0.1) is 0 Å². The van der Waals surface area contributed by atoms with E-state index in [1.165, 1.54) is 0 Å². The highest BCUT2D eigenvalue weighted by molar-refractivity contribution is 8.00. The summed E-state index contributed by atoms with van der Waals surface area (Å²) in [7, 11) is -1.92. The molecule has 0 aliphatic heterocycles. The van der Waals surface area contributed by atoms with Gasteiger partial charge in [0.05, 0.1) is 0 Å². The van der Waals surface area contributed by atoms with Gasteiger partial charge in [0.2, 0.25) is 0 Å². The largest absolute Gasteiger partial charge is 0.299 e. The average Bonchev–Trinajstić information content (AvgIpc) is 2.14. The van der Waals surface area contributed by atoms with Crippen molar-refractivity contribution < 1.29 is 9.00 Å². The van der Waals surface area contributed by atoms with Crippen LogP contribution >= 0.6 is 0 Å². The van der Waals surface area contributed by atoms with Gasteiger partial charge in [-0.05, 0) is 41.1 Å². The van der Waals surface area contributed by atoms with Crippen molar-refractivity contribution in [2.45, 2.75) is 51.7 Å². The predicted octanol–water partition coefficient (Wildman–Crippen LogP) is 2.51. The summed E-state index contributed by atoms with van der Waals surface area (Å²) in [5, 5.41) is 0.219. The van der Waals surface area contributed by atoms with Crippen molar-refractivity contribution in [1.29, 1.82) is 0 Å². The number of ketones is 1. The third kappa shape index (κ3) is 3.34. The maximum Gasteiger partial charge on any atom is 0.141 e. The van der Waals surface area contributed by atoms with Crippen LogP contribution in [0.1, 0.15) is 46.5 Å². The fraction of sp³-hybridized carbons (Fsp3) is 0.846. The first-order valence-electron chi connectivity index (χ1n) is 5.98. The minimum Gasteiger partial charge on any atom is -0.299 e. The van der Waals surface area contributed by atoms with Crippen molar-refractivity contribution in [2.75, 3.05) is 6.26 Å². The maximum atomic E-state index is 12.1. The molecule has 1 aliphatic carbocycles. The molecule has 0 spiro atoms. The van der Waals surface area contributed by atoms with Crippen LogP contribution in [0.5, 0.6) is 0 Å². The summed E-state index contributed by atoms with van der Waals surface area (Å²) in [5.41, 5.74) is -0.240. The molecule has 0 aromatic rings. The van der Waals surface area contributed by atoms with Crippen LogP contribution in [-0.4, -0.2) is 27.4 Å². The van der Waals surface area contributed by atoms with E-state index in [9.17, 15) is 9.00 Å². The molecule has 3 heteroatoms. The number of hydrogen-bond donors (Lipinski definition) is 0. The second kappa shape index (κ2) is 4.52. The van der Waals surface area contributed by atoms with Gasteiger partial charge < -0.3 is 0 Å². The molecule has 1 rings (SSSR count). The van der Waals surface area contributed by atoms with Gasteiger partial charge in [0, 0.05) is 22.8 Å². The Labute approximate surface area is 99.8 Å². The van der Waals surface area contributed by atoms with Crippen molar-refractivity contribution in [3.05, 3.63) is 0 Å². The summed E-state index contributed by atoms with van der Waals surface area (Å²) in [6.07, 6.45) is 5.31. The molecular formula is C13H24O2S. The Kier molecular flexibility index (Phi) is 3.88. The van der Waals surface area contributed by atoms with Crippen molar-refractivity contribution in [3.8, 4) is 0 Å². The Hall–Kier alpha value is -0.310. The molecule has 94 valence electrons. The second-order valence-corrected chi connectivity index (χ2v) is 8.97. The third-order valence-electron chi connectivity index (χ3n) is 3.49. The van der Waals surface area contributed by atoms with Crippen LogP contribution in [0, 0.1) is 11.3 Å². The molecule has 1 fully saturated rings. The van der Waals surface area contributed by atoms with E-state index in [1.54, 1.807) is 6.26 Å². The van der Waals surface area contributed by atoms with E-state index < -0.39 is 9.52 Å². The molecule has 0 amide bonds. The Morgan fingerprint density at radius 2 is 1.62 bits per heavy atom. The monoisotopic (exact) mass is 244 g/mol. The van der Waals surface area contributed by atoms with Gasteiger partial charge in [0.15, 0.2) is 0 Å². The number of hydrogen-bond acceptors (Lipinski definition) is 2. The van der Waals surface area contributed by atoms with E-state index in [-0.39, 0.29) is 16.6 Å². The SMILES string of the molecule is C=S(C)(=O)C1CCC(C(=O)C(C)(C)C)CC1. The molecule has 0 aromatic carbocycles. The lowest BCUT2D eigenvalue weighted by Gasteiger charge is -2.32. The van der Waals surface area contributed by atoms with Gasteiger partial charge in [-0.25, -0.2) is 0 Å². The molecular weight excluding hydrogens is 220 g/mol. The third-order valence-corrected chi connectivity index (χ3v) is 5.37. The number of carbonyl (C=O) groups is 1. The summed E-state index contributed by atoms with van der Waals surface area (Å²) < 4.78 is 11.8. The van der Waals surface area contributed by atoms with E-state index in [1.807, 2.05) is 20.8 Å². The van der Waals surface area contributed by atoms with Crippen LogP contribution in [0.25, 0.3) is 0 Å². The van der Waals surface area contributed by atoms with Crippen LogP contribution in [0.3, 0.4) is 0 Å². The topological polar surface area (TPSA) is 34.1 Å². The van der Waals surface area contributed by atoms with Crippen LogP contribution in [0.15, 0.2) is 0 Å². The standard InChI is InChI=1S/C13H24O2S/c1-13(2,3)12(14)10-6-8-11(9-7-10)16(4,5)15/h10-11H,4,6-9H2,1-3,5H3. The average molecular weight is 244 g/mol. The Morgan fingerprint density at radius 1 is 1.19 bits per heavy atom. The minimum absolute atomic E-state index is 0.179. The molecule has 0 radical (unpaired) electrons. The van der Waals surface area contributed by atoms with Gasteiger partial charge in [0.25, 0.3) is 0 Å². The first-order valence-corrected chi connectivity index (χ1v) is 8.17. The maximum absolute atomic E-state index is 12.1. The van der Waals surface area contributed by atoms with E-state index in [0.717, 1.165) is 25.7 Å². The Morgan fingerprint density at radius 3 is 1.94 bits per heavy atom. The Balaban J connectivity index is 2.60. The van der Waals surface area contributed by atoms with Crippen LogP contribution in [0.2, 0.25) is 0 Å². The van der Waals surface area contributed by atoms with E-state index in [2.05, 4.69) is 5.87 Å². The molecule has 0 aromatic heterocycles. The quantitative estimate of drug-likeness (QED) is 0.699. The molecule has 16 heavy (non-hydrogen) atoms. The number of Topliss-reactive ketones (excluding diaryl/α,β-unsaturated/α-hetero) is 1. The summed E-state index contributed by atoms with van der Waals surface area (Å²) in [6, 6.07) is 0. The summed E-state index contributed by atoms with van der Waals surface area (Å²) in [4.78, 5) is 12.1. The highest BCUT2D eigenvalue weighted by Crippen LogP contribution is 2.33. The lowest BCUT2D eigenvalue weighted by molar-refractivity contribution is -0.131. The van der Waals surface area contributed by atoms with E-state index in [0.29, 0.717) is 5.78 Å². The molecule has 0 heterocycles. The van der Waals surface area contributed by atoms with Gasteiger partial charge in [-0.1, -0.05) is 20.8 Å². The normalized spacial score (nSPS) is 30.8. The van der Waals surface area contributed by atoms with Gasteiger partial charge in [-0.2, -0.15) is 0 Å². The van der Waals surface area contributed by atoms with Gasteiger partial charge in [0.1, 0.15) is 5.78 Å². The van der Waals surface area contributed by atoms with Gasteiger partial charge in [-0.3, -0.25) is 9.00 Å². The second-order valence-electron chi connectivity index (χ2n) is 6.16. The zero-order valence-electron chi connectivity index (χ0n) is 10.9. The molecule has 0 saturated heterocycles. The molecule has 1 atom stereocenters. The predicted molar refractivity (Wildman–Crippen MR) is 71.4 cm³/mol. The zero-order chi connectivity index (χ0) is 12.6. The highest BCUT2D eigenvalue weighted by atomic mass is 32.2. The number of carbonyl (C=O) groups excluding carboxylic acids is 1. The molecule has 1 saturated carbocycles. The summed E-state index contributed by atoms with van der Waals surface area (Å²) >= 11 is 0. The summed E-state index contributed by atoms with van der Waals surface area (Å²) in [5.74, 6) is 4.29. The first kappa shape index (κ1) is 13.8. The molecule has 1 unspecified atom stereocenters. The molecule has 0 bridgehead atoms. The molecule has 0 N–H and O–H groups in total. The van der Waals surface area contributed by atoms with Crippen molar-refractivity contribution >= 4 is 21.2 Å². The van der Waals surface area contributed by atoms with Gasteiger partial charge >= 0.3 is 0 Å². The zero-order valence-corrected chi connectivity index (χ0v) is 11.7. The van der Waals surface area contributed by atoms with Crippen LogP contribution in [0.4, 0.5) is 0 Å². The lowest BCUT2D eigenvalue weighted by atomic mass is 9.76. The van der Waals surface area contributed by atoms with Crippen LogP contribution in [-0.2, 0) is 14.3 Å². The summed E-state index contributed by atoms with van der Waals surface area (Å²) in [6.45, 7) is 5.93. The van der Waals surface area contributed by atoms with Crippen LogP contribution < -0.4 is 0 Å². The van der Waals surface area contributed by atoms with Crippen molar-refractivity contribution in [2.24, 2.45) is 11.3 Å². The first-order chi connectivity index (χ1) is 7.12. The molecule has 1 aliphatic rings.